The third-order valence-corrected chi connectivity index (χ3v) is 11.3. The molecule has 6 nitrogen and oxygen atoms in total. The summed E-state index contributed by atoms with van der Waals surface area (Å²) in [6.45, 7) is 7.12. The highest BCUT2D eigenvalue weighted by molar-refractivity contribution is 7.39. The van der Waals surface area contributed by atoms with Crippen molar-refractivity contribution in [2.75, 3.05) is 13.0 Å². The van der Waals surface area contributed by atoms with E-state index in [0.29, 0.717) is 0 Å². The highest BCUT2D eigenvalue weighted by Crippen LogP contribution is 2.39. The SMILES string of the molecule is C[C@H](C(=O)O)C(C[P+](=O)OCO)O[Si](c1ccccc1)(c1ccccc1)C(C)(C)C. The van der Waals surface area contributed by atoms with Crippen LogP contribution in [0.4, 0.5) is 0 Å². The molecular weight excluding hydrogens is 419 g/mol. The fourth-order valence-electron chi connectivity index (χ4n) is 3.64. The number of hydrogen-bond acceptors (Lipinski definition) is 5. The van der Waals surface area contributed by atoms with Gasteiger partial charge in [-0.3, -0.25) is 4.79 Å². The van der Waals surface area contributed by atoms with Gasteiger partial charge in [-0.1, -0.05) is 81.4 Å². The second kappa shape index (κ2) is 10.4. The average Bonchev–Trinajstić information content (AvgIpc) is 2.71. The lowest BCUT2D eigenvalue weighted by Crippen LogP contribution is -2.68. The minimum Gasteiger partial charge on any atom is -0.481 e. The van der Waals surface area contributed by atoms with Crippen molar-refractivity contribution in [3.05, 3.63) is 60.7 Å². The molecule has 0 amide bonds. The number of benzene rings is 2. The Morgan fingerprint density at radius 2 is 1.50 bits per heavy atom. The van der Waals surface area contributed by atoms with Gasteiger partial charge in [0.15, 0.2) is 6.79 Å². The van der Waals surface area contributed by atoms with Crippen LogP contribution >= 0.6 is 8.03 Å². The molecule has 0 aliphatic carbocycles. The molecule has 0 radical (unpaired) electrons. The molecule has 0 aliphatic rings. The topological polar surface area (TPSA) is 93.1 Å². The number of carboxylic acids is 1. The van der Waals surface area contributed by atoms with Crippen molar-refractivity contribution in [1.82, 2.24) is 0 Å². The van der Waals surface area contributed by atoms with Crippen LogP contribution in [0.2, 0.25) is 5.04 Å². The van der Waals surface area contributed by atoms with Crippen LogP contribution < -0.4 is 10.4 Å². The van der Waals surface area contributed by atoms with Gasteiger partial charge in [0.25, 0.3) is 8.32 Å². The molecule has 2 N–H and O–H groups in total. The number of carbonyl (C=O) groups is 1. The summed E-state index contributed by atoms with van der Waals surface area (Å²) in [5.41, 5.74) is 0. The highest BCUT2D eigenvalue weighted by Gasteiger charge is 2.53. The van der Waals surface area contributed by atoms with Crippen molar-refractivity contribution in [3.8, 4) is 0 Å². The summed E-state index contributed by atoms with van der Waals surface area (Å²) in [4.78, 5) is 11.8. The van der Waals surface area contributed by atoms with Crippen LogP contribution in [0, 0.1) is 5.92 Å². The molecule has 162 valence electrons. The minimum absolute atomic E-state index is 0.117. The molecule has 8 heteroatoms. The Labute approximate surface area is 179 Å². The van der Waals surface area contributed by atoms with Crippen LogP contribution in [-0.2, 0) is 18.3 Å². The summed E-state index contributed by atoms with van der Waals surface area (Å²) in [6, 6.07) is 19.7. The zero-order chi connectivity index (χ0) is 22.4. The van der Waals surface area contributed by atoms with E-state index in [4.69, 9.17) is 14.1 Å². The number of aliphatic hydroxyl groups is 1. The highest BCUT2D eigenvalue weighted by atomic mass is 31.1. The molecule has 0 saturated carbocycles. The maximum absolute atomic E-state index is 12.3. The van der Waals surface area contributed by atoms with Crippen molar-refractivity contribution in [2.45, 2.75) is 38.8 Å². The normalized spacial score (nSPS) is 14.8. The Morgan fingerprint density at radius 3 is 1.87 bits per heavy atom. The minimum atomic E-state index is -3.02. The van der Waals surface area contributed by atoms with Gasteiger partial charge in [-0.2, -0.15) is 0 Å². The fraction of sp³-hybridized carbons (Fsp3) is 0.409. The number of aliphatic hydroxyl groups excluding tert-OH is 1. The van der Waals surface area contributed by atoms with E-state index in [1.165, 1.54) is 0 Å². The zero-order valence-corrected chi connectivity index (χ0v) is 19.7. The first-order valence-corrected chi connectivity index (χ1v) is 13.1. The quantitative estimate of drug-likeness (QED) is 0.328. The lowest BCUT2D eigenvalue weighted by atomic mass is 10.1. The van der Waals surface area contributed by atoms with E-state index in [2.05, 4.69) is 20.8 Å². The molecule has 2 rings (SSSR count). The first kappa shape index (κ1) is 24.4. The monoisotopic (exact) mass is 449 g/mol. The molecule has 30 heavy (non-hydrogen) atoms. The largest absolute Gasteiger partial charge is 0.513 e. The van der Waals surface area contributed by atoms with E-state index in [-0.39, 0.29) is 11.2 Å². The molecule has 0 aliphatic heterocycles. The van der Waals surface area contributed by atoms with Crippen molar-refractivity contribution >= 4 is 32.7 Å². The van der Waals surface area contributed by atoms with Crippen LogP contribution in [0.25, 0.3) is 0 Å². The molecule has 0 saturated heterocycles. The smallest absolute Gasteiger partial charge is 0.481 e. The van der Waals surface area contributed by atoms with Gasteiger partial charge in [0.05, 0.1) is 5.92 Å². The van der Waals surface area contributed by atoms with Crippen molar-refractivity contribution in [3.63, 3.8) is 0 Å². The van der Waals surface area contributed by atoms with Crippen LogP contribution in [-0.4, -0.2) is 43.6 Å². The molecule has 0 bridgehead atoms. The lowest BCUT2D eigenvalue weighted by Gasteiger charge is -2.45. The van der Waals surface area contributed by atoms with E-state index in [1.54, 1.807) is 6.92 Å². The van der Waals surface area contributed by atoms with Gasteiger partial charge in [-0.25, -0.2) is 0 Å². The molecular formula is C22H30O6PSi+. The third kappa shape index (κ3) is 5.42. The van der Waals surface area contributed by atoms with E-state index >= 15 is 0 Å². The van der Waals surface area contributed by atoms with E-state index in [9.17, 15) is 14.5 Å². The Bertz CT molecular complexity index is 798. The number of hydrogen-bond donors (Lipinski definition) is 2. The number of aliphatic carboxylic acids is 1. The predicted octanol–water partition coefficient (Wildman–Crippen LogP) is 3.36. The van der Waals surface area contributed by atoms with Crippen LogP contribution in [0.5, 0.6) is 0 Å². The van der Waals surface area contributed by atoms with Gasteiger partial charge < -0.3 is 14.6 Å². The first-order valence-electron chi connectivity index (χ1n) is 9.83. The molecule has 0 aromatic heterocycles. The fourth-order valence-corrected chi connectivity index (χ4v) is 9.45. The second-order valence-corrected chi connectivity index (χ2v) is 13.8. The van der Waals surface area contributed by atoms with Gasteiger partial charge >= 0.3 is 14.0 Å². The van der Waals surface area contributed by atoms with Gasteiger partial charge in [0, 0.05) is 0 Å². The summed E-state index contributed by atoms with van der Waals surface area (Å²) in [5.74, 6) is -1.95. The second-order valence-electron chi connectivity index (χ2n) is 8.22. The predicted molar refractivity (Wildman–Crippen MR) is 120 cm³/mol. The van der Waals surface area contributed by atoms with E-state index in [0.717, 1.165) is 10.4 Å². The van der Waals surface area contributed by atoms with Crippen LogP contribution in [0.1, 0.15) is 27.7 Å². The van der Waals surface area contributed by atoms with E-state index < -0.39 is 41.1 Å². The van der Waals surface area contributed by atoms with Gasteiger partial charge in [0.1, 0.15) is 6.10 Å². The van der Waals surface area contributed by atoms with Gasteiger partial charge in [-0.15, -0.1) is 4.52 Å². The molecule has 0 heterocycles. The van der Waals surface area contributed by atoms with Crippen molar-refractivity contribution in [1.29, 1.82) is 0 Å². The maximum atomic E-state index is 12.3. The molecule has 2 aromatic rings. The molecule has 2 unspecified atom stereocenters. The van der Waals surface area contributed by atoms with Crippen LogP contribution in [0.3, 0.4) is 0 Å². The van der Waals surface area contributed by atoms with Crippen molar-refractivity contribution in [2.24, 2.45) is 5.92 Å². The summed E-state index contributed by atoms with van der Waals surface area (Å²) < 4.78 is 23.9. The molecule has 0 fully saturated rings. The Balaban J connectivity index is 2.67. The number of carboxylic acid groups (broad SMARTS) is 1. The van der Waals surface area contributed by atoms with Gasteiger partial charge in [0.2, 0.25) is 6.16 Å². The van der Waals surface area contributed by atoms with E-state index in [1.807, 2.05) is 60.7 Å². The standard InChI is InChI=1S/C22H29O6PSi/c1-17(21(24)25)20(15-29(26)27-16-23)28-30(22(2,3)4,18-11-7-5-8-12-18)19-13-9-6-10-14-19/h5-14,17,20,23H,15-16H2,1-4H3/p+1/t17-,20?/m0/s1. The molecule has 2 aromatic carbocycles. The summed E-state index contributed by atoms with van der Waals surface area (Å²) in [6.07, 6.45) is -0.975. The van der Waals surface area contributed by atoms with Crippen molar-refractivity contribution < 1.29 is 28.5 Å². The summed E-state index contributed by atoms with van der Waals surface area (Å²) in [5, 5.41) is 20.3. The maximum Gasteiger partial charge on any atom is 0.513 e. The number of rotatable bonds is 10. The Kier molecular flexibility index (Phi) is 8.47. The average molecular weight is 450 g/mol. The first-order chi connectivity index (χ1) is 14.1. The lowest BCUT2D eigenvalue weighted by molar-refractivity contribution is -0.143. The Hall–Kier alpha value is -1.89. The van der Waals surface area contributed by atoms with Crippen LogP contribution in [0.15, 0.2) is 60.7 Å². The van der Waals surface area contributed by atoms with Gasteiger partial charge in [-0.05, 0) is 26.9 Å². The zero-order valence-electron chi connectivity index (χ0n) is 17.8. The molecule has 3 atom stereocenters. The third-order valence-electron chi connectivity index (χ3n) is 5.22. The summed E-state index contributed by atoms with van der Waals surface area (Å²) >= 11 is 0. The molecule has 0 spiro atoms. The summed E-state index contributed by atoms with van der Waals surface area (Å²) in [7, 11) is -5.29. The Morgan fingerprint density at radius 1 is 1.03 bits per heavy atom.